The largest absolute Gasteiger partial charge is 0.368 e. The molecule has 1 aromatic heterocycles. The van der Waals surface area contributed by atoms with E-state index in [-0.39, 0.29) is 5.91 Å². The van der Waals surface area contributed by atoms with Crippen molar-refractivity contribution in [1.82, 2.24) is 10.3 Å². The van der Waals surface area contributed by atoms with Gasteiger partial charge in [0.15, 0.2) is 0 Å². The van der Waals surface area contributed by atoms with Gasteiger partial charge in [-0.15, -0.1) is 0 Å². The van der Waals surface area contributed by atoms with Crippen LogP contribution >= 0.6 is 0 Å². The van der Waals surface area contributed by atoms with Crippen molar-refractivity contribution >= 4 is 33.6 Å². The maximum atomic E-state index is 13.3. The third-order valence-corrected chi connectivity index (χ3v) is 5.26. The Kier molecular flexibility index (Phi) is 5.70. The summed E-state index contributed by atoms with van der Waals surface area (Å²) >= 11 is 0. The highest BCUT2D eigenvalue weighted by molar-refractivity contribution is 6.16. The molecule has 0 radical (unpaired) electrons. The molecule has 0 fully saturated rings. The lowest BCUT2D eigenvalue weighted by Gasteiger charge is -2.17. The average molecular weight is 397 g/mol. The highest BCUT2D eigenvalue weighted by Crippen LogP contribution is 2.26. The molecule has 2 amide bonds. The van der Waals surface area contributed by atoms with E-state index in [2.05, 4.69) is 10.3 Å². The van der Waals surface area contributed by atoms with Crippen molar-refractivity contribution in [1.29, 1.82) is 0 Å². The third-order valence-electron chi connectivity index (χ3n) is 5.26. The molecule has 5 heteroatoms. The van der Waals surface area contributed by atoms with Crippen LogP contribution < -0.4 is 11.1 Å². The lowest BCUT2D eigenvalue weighted by Crippen LogP contribution is -2.44. The van der Waals surface area contributed by atoms with E-state index in [1.165, 1.54) is 5.56 Å². The molecule has 0 aliphatic heterocycles. The van der Waals surface area contributed by atoms with Crippen LogP contribution in [0.2, 0.25) is 0 Å². The van der Waals surface area contributed by atoms with E-state index < -0.39 is 11.9 Å². The van der Waals surface area contributed by atoms with Crippen molar-refractivity contribution in [2.45, 2.75) is 25.3 Å². The Morgan fingerprint density at radius 2 is 1.40 bits per heavy atom. The van der Waals surface area contributed by atoms with E-state index in [0.717, 1.165) is 34.6 Å². The Morgan fingerprint density at radius 3 is 2.00 bits per heavy atom. The number of fused-ring (bicyclic) bond motifs is 2. The molecule has 1 atom stereocenters. The summed E-state index contributed by atoms with van der Waals surface area (Å²) in [6.07, 6.45) is 2.05. The molecule has 0 unspecified atom stereocenters. The molecule has 0 spiro atoms. The fourth-order valence-electron chi connectivity index (χ4n) is 3.76. The van der Waals surface area contributed by atoms with E-state index in [4.69, 9.17) is 5.73 Å². The number of hydrogen-bond donors (Lipinski definition) is 2. The number of benzene rings is 3. The van der Waals surface area contributed by atoms with E-state index >= 15 is 0 Å². The summed E-state index contributed by atoms with van der Waals surface area (Å²) in [6, 6.07) is 24.4. The summed E-state index contributed by atoms with van der Waals surface area (Å²) in [5.41, 5.74) is 8.79. The SMILES string of the molecule is NC(=O)[C@@H](CCCc1ccccc1)NC(=O)c1c2ccccc2nc2ccccc12. The summed E-state index contributed by atoms with van der Waals surface area (Å²) in [6.45, 7) is 0. The highest BCUT2D eigenvalue weighted by Gasteiger charge is 2.22. The minimum Gasteiger partial charge on any atom is -0.368 e. The smallest absolute Gasteiger partial charge is 0.253 e. The second-order valence-electron chi connectivity index (χ2n) is 7.33. The van der Waals surface area contributed by atoms with Crippen molar-refractivity contribution in [3.05, 3.63) is 90.0 Å². The second kappa shape index (κ2) is 8.74. The van der Waals surface area contributed by atoms with Gasteiger partial charge >= 0.3 is 0 Å². The number of aromatic nitrogens is 1. The molecular weight excluding hydrogens is 374 g/mol. The minimum absolute atomic E-state index is 0.312. The Morgan fingerprint density at radius 1 is 0.833 bits per heavy atom. The number of aryl methyl sites for hydroxylation is 1. The molecule has 0 aliphatic carbocycles. The number of rotatable bonds is 7. The molecular formula is C25H23N3O2. The standard InChI is InChI=1S/C25H23N3O2/c26-24(29)22(16-8-11-17-9-2-1-3-10-17)28-25(30)23-18-12-4-6-14-20(18)27-21-15-7-5-13-19(21)23/h1-7,9-10,12-15,22H,8,11,16H2,(H2,26,29)(H,28,30)/t22-/m1/s1. The van der Waals surface area contributed by atoms with Gasteiger partial charge in [0.05, 0.1) is 16.6 Å². The summed E-state index contributed by atoms with van der Waals surface area (Å²) in [7, 11) is 0. The zero-order chi connectivity index (χ0) is 20.9. The highest BCUT2D eigenvalue weighted by atomic mass is 16.2. The van der Waals surface area contributed by atoms with Crippen LogP contribution in [0, 0.1) is 0 Å². The van der Waals surface area contributed by atoms with Gasteiger partial charge in [-0.05, 0) is 37.0 Å². The second-order valence-corrected chi connectivity index (χ2v) is 7.33. The monoisotopic (exact) mass is 397 g/mol. The predicted molar refractivity (Wildman–Crippen MR) is 119 cm³/mol. The van der Waals surface area contributed by atoms with Crippen molar-refractivity contribution in [2.75, 3.05) is 0 Å². The quantitative estimate of drug-likeness (QED) is 0.462. The number of nitrogens with zero attached hydrogens (tertiary/aromatic N) is 1. The van der Waals surface area contributed by atoms with Gasteiger partial charge in [-0.25, -0.2) is 4.98 Å². The van der Waals surface area contributed by atoms with E-state index in [1.807, 2.05) is 78.9 Å². The maximum Gasteiger partial charge on any atom is 0.253 e. The van der Waals surface area contributed by atoms with Gasteiger partial charge in [-0.3, -0.25) is 9.59 Å². The molecule has 30 heavy (non-hydrogen) atoms. The summed E-state index contributed by atoms with van der Waals surface area (Å²) < 4.78 is 0. The van der Waals surface area contributed by atoms with Gasteiger partial charge in [-0.1, -0.05) is 66.7 Å². The van der Waals surface area contributed by atoms with Gasteiger partial charge in [0, 0.05) is 10.8 Å². The third kappa shape index (κ3) is 4.15. The summed E-state index contributed by atoms with van der Waals surface area (Å²) in [4.78, 5) is 30.0. The zero-order valence-corrected chi connectivity index (χ0v) is 16.5. The van der Waals surface area contributed by atoms with Gasteiger partial charge in [0.1, 0.15) is 6.04 Å². The number of amides is 2. The number of primary amides is 1. The van der Waals surface area contributed by atoms with Crippen molar-refractivity contribution in [3.8, 4) is 0 Å². The number of nitrogens with one attached hydrogen (secondary N) is 1. The zero-order valence-electron chi connectivity index (χ0n) is 16.5. The molecule has 0 saturated heterocycles. The van der Waals surface area contributed by atoms with E-state index in [9.17, 15) is 9.59 Å². The minimum atomic E-state index is -0.730. The van der Waals surface area contributed by atoms with Gasteiger partial charge in [0.2, 0.25) is 5.91 Å². The van der Waals surface area contributed by atoms with Crippen molar-refractivity contribution < 1.29 is 9.59 Å². The first-order chi connectivity index (χ1) is 14.6. The fraction of sp³-hybridized carbons (Fsp3) is 0.160. The molecule has 0 saturated carbocycles. The summed E-state index contributed by atoms with van der Waals surface area (Å²) in [5, 5.41) is 4.36. The Hall–Kier alpha value is -3.73. The molecule has 3 N–H and O–H groups in total. The van der Waals surface area contributed by atoms with Crippen molar-refractivity contribution in [2.24, 2.45) is 5.73 Å². The van der Waals surface area contributed by atoms with Crippen LogP contribution in [0.3, 0.4) is 0 Å². The van der Waals surface area contributed by atoms with E-state index in [1.54, 1.807) is 0 Å². The average Bonchev–Trinajstić information content (AvgIpc) is 2.77. The maximum absolute atomic E-state index is 13.3. The molecule has 3 aromatic carbocycles. The van der Waals surface area contributed by atoms with Crippen LogP contribution in [0.25, 0.3) is 21.8 Å². The van der Waals surface area contributed by atoms with Crippen LogP contribution in [0.15, 0.2) is 78.9 Å². The number of nitrogens with two attached hydrogens (primary N) is 1. The molecule has 0 bridgehead atoms. The van der Waals surface area contributed by atoms with E-state index in [0.29, 0.717) is 12.0 Å². The molecule has 4 rings (SSSR count). The molecule has 5 nitrogen and oxygen atoms in total. The summed E-state index contributed by atoms with van der Waals surface area (Å²) in [5.74, 6) is -0.840. The first kappa shape index (κ1) is 19.6. The van der Waals surface area contributed by atoms with Gasteiger partial charge in [0.25, 0.3) is 5.91 Å². The number of pyridine rings is 1. The number of para-hydroxylation sites is 2. The number of carbonyl (C=O) groups excluding carboxylic acids is 2. The normalized spacial score (nSPS) is 12.0. The van der Waals surface area contributed by atoms with Crippen LogP contribution in [0.4, 0.5) is 0 Å². The lowest BCUT2D eigenvalue weighted by molar-refractivity contribution is -0.120. The molecule has 4 aromatic rings. The van der Waals surface area contributed by atoms with Gasteiger partial charge < -0.3 is 11.1 Å². The lowest BCUT2D eigenvalue weighted by atomic mass is 10.0. The topological polar surface area (TPSA) is 85.1 Å². The predicted octanol–water partition coefficient (Wildman–Crippen LogP) is 3.99. The van der Waals surface area contributed by atoms with Crippen LogP contribution in [-0.2, 0) is 11.2 Å². The Balaban J connectivity index is 1.59. The van der Waals surface area contributed by atoms with Crippen LogP contribution in [0.1, 0.15) is 28.8 Å². The number of carbonyl (C=O) groups is 2. The first-order valence-corrected chi connectivity index (χ1v) is 10.0. The molecule has 0 aliphatic rings. The van der Waals surface area contributed by atoms with Crippen LogP contribution in [0.5, 0.6) is 0 Å². The molecule has 1 heterocycles. The van der Waals surface area contributed by atoms with Crippen molar-refractivity contribution in [3.63, 3.8) is 0 Å². The van der Waals surface area contributed by atoms with Crippen LogP contribution in [-0.4, -0.2) is 22.8 Å². The Labute approximate surface area is 174 Å². The number of hydrogen-bond acceptors (Lipinski definition) is 3. The first-order valence-electron chi connectivity index (χ1n) is 10.0. The fourth-order valence-corrected chi connectivity index (χ4v) is 3.76. The Bertz CT molecular complexity index is 1150. The van der Waals surface area contributed by atoms with Gasteiger partial charge in [-0.2, -0.15) is 0 Å². The molecule has 150 valence electrons.